The van der Waals surface area contributed by atoms with Crippen LogP contribution in [0.4, 0.5) is 13.2 Å². The van der Waals surface area contributed by atoms with E-state index in [9.17, 15) is 27.6 Å². The van der Waals surface area contributed by atoms with Crippen LogP contribution in [0.1, 0.15) is 23.7 Å². The lowest BCUT2D eigenvalue weighted by molar-refractivity contribution is -0.185. The first-order chi connectivity index (χ1) is 11.7. The summed E-state index contributed by atoms with van der Waals surface area (Å²) in [5.74, 6) is -2.60. The largest absolute Gasteiger partial charge is 0.471 e. The number of benzene rings is 1. The standard InChI is InChI=1S/C16H17F3N2O4/c1-11(22)25-13-5-2-4-12(10-13)14(23)20-6-3-7-21(9-8-20)15(24)16(17,18)19/h2,4-5,10H,3,6-9H2,1H3. The smallest absolute Gasteiger partial charge is 0.427 e. The highest BCUT2D eigenvalue weighted by atomic mass is 19.4. The third-order valence-corrected chi connectivity index (χ3v) is 3.66. The van der Waals surface area contributed by atoms with Crippen molar-refractivity contribution in [2.24, 2.45) is 0 Å². The zero-order valence-corrected chi connectivity index (χ0v) is 13.5. The summed E-state index contributed by atoms with van der Waals surface area (Å²) in [5.41, 5.74) is 0.259. The van der Waals surface area contributed by atoms with Crippen LogP contribution >= 0.6 is 0 Å². The van der Waals surface area contributed by atoms with Crippen LogP contribution in [0.3, 0.4) is 0 Å². The molecule has 1 fully saturated rings. The van der Waals surface area contributed by atoms with Gasteiger partial charge in [-0.1, -0.05) is 6.07 Å². The number of esters is 1. The molecule has 0 radical (unpaired) electrons. The highest BCUT2D eigenvalue weighted by Crippen LogP contribution is 2.20. The van der Waals surface area contributed by atoms with Crippen molar-refractivity contribution < 1.29 is 32.3 Å². The normalized spacial score (nSPS) is 15.5. The molecule has 0 N–H and O–H groups in total. The average molecular weight is 358 g/mol. The number of ether oxygens (including phenoxy) is 1. The molecule has 0 atom stereocenters. The van der Waals surface area contributed by atoms with Crippen molar-refractivity contribution in [2.45, 2.75) is 19.5 Å². The second kappa shape index (κ2) is 7.54. The number of rotatable bonds is 2. The molecule has 1 aliphatic heterocycles. The van der Waals surface area contributed by atoms with E-state index in [4.69, 9.17) is 4.74 Å². The molecule has 0 aliphatic carbocycles. The monoisotopic (exact) mass is 358 g/mol. The number of carbonyl (C=O) groups excluding carboxylic acids is 3. The summed E-state index contributed by atoms with van der Waals surface area (Å²) < 4.78 is 42.5. The molecule has 25 heavy (non-hydrogen) atoms. The molecule has 1 aromatic carbocycles. The lowest BCUT2D eigenvalue weighted by Crippen LogP contribution is -2.43. The minimum absolute atomic E-state index is 0.00154. The average Bonchev–Trinajstić information content (AvgIpc) is 2.78. The molecule has 0 bridgehead atoms. The maximum absolute atomic E-state index is 12.5. The SMILES string of the molecule is CC(=O)Oc1cccc(C(=O)N2CCCN(C(=O)C(F)(F)F)CC2)c1. The molecule has 2 amide bonds. The molecule has 136 valence electrons. The molecule has 1 aliphatic rings. The van der Waals surface area contributed by atoms with Gasteiger partial charge in [0.25, 0.3) is 5.91 Å². The Labute approximate surface area is 142 Å². The molecule has 0 spiro atoms. The summed E-state index contributed by atoms with van der Waals surface area (Å²) in [5, 5.41) is 0. The minimum atomic E-state index is -4.92. The number of nitrogens with zero attached hydrogens (tertiary/aromatic N) is 2. The van der Waals surface area contributed by atoms with Gasteiger partial charge in [0.1, 0.15) is 5.75 Å². The Morgan fingerprint density at radius 3 is 2.32 bits per heavy atom. The molecule has 1 saturated heterocycles. The zero-order chi connectivity index (χ0) is 18.6. The predicted molar refractivity (Wildman–Crippen MR) is 80.9 cm³/mol. The van der Waals surface area contributed by atoms with Crippen molar-refractivity contribution in [1.29, 1.82) is 0 Å². The van der Waals surface area contributed by atoms with Crippen molar-refractivity contribution in [3.63, 3.8) is 0 Å². The Bertz CT molecular complexity index is 676. The zero-order valence-electron chi connectivity index (χ0n) is 13.5. The fourth-order valence-corrected chi connectivity index (χ4v) is 2.54. The molecular weight excluding hydrogens is 341 g/mol. The van der Waals surface area contributed by atoms with Crippen LogP contribution in [0, 0.1) is 0 Å². The Morgan fingerprint density at radius 1 is 1.04 bits per heavy atom. The summed E-state index contributed by atoms with van der Waals surface area (Å²) in [7, 11) is 0. The summed E-state index contributed by atoms with van der Waals surface area (Å²) in [6, 6.07) is 5.99. The molecule has 2 rings (SSSR count). The maximum atomic E-state index is 12.5. The lowest BCUT2D eigenvalue weighted by atomic mass is 10.2. The second-order valence-corrected chi connectivity index (χ2v) is 5.56. The molecule has 1 heterocycles. The quantitative estimate of drug-likeness (QED) is 0.598. The van der Waals surface area contributed by atoms with Gasteiger partial charge in [-0.05, 0) is 24.6 Å². The van der Waals surface area contributed by atoms with E-state index in [0.29, 0.717) is 4.90 Å². The van der Waals surface area contributed by atoms with E-state index in [-0.39, 0.29) is 43.9 Å². The number of alkyl halides is 3. The summed E-state index contributed by atoms with van der Waals surface area (Å²) >= 11 is 0. The van der Waals surface area contributed by atoms with Gasteiger partial charge in [0.15, 0.2) is 0 Å². The summed E-state index contributed by atoms with van der Waals surface area (Å²) in [6.45, 7) is 1.22. The van der Waals surface area contributed by atoms with E-state index < -0.39 is 24.0 Å². The van der Waals surface area contributed by atoms with Crippen LogP contribution in [-0.2, 0) is 9.59 Å². The van der Waals surface area contributed by atoms with Gasteiger partial charge in [-0.15, -0.1) is 0 Å². The van der Waals surface area contributed by atoms with Crippen LogP contribution in [0.2, 0.25) is 0 Å². The van der Waals surface area contributed by atoms with Crippen LogP contribution in [0.15, 0.2) is 24.3 Å². The van der Waals surface area contributed by atoms with Gasteiger partial charge in [0.05, 0.1) is 0 Å². The number of carbonyl (C=O) groups is 3. The van der Waals surface area contributed by atoms with Gasteiger partial charge in [-0.2, -0.15) is 13.2 Å². The van der Waals surface area contributed by atoms with E-state index >= 15 is 0 Å². The van der Waals surface area contributed by atoms with Gasteiger partial charge in [0.2, 0.25) is 0 Å². The van der Waals surface area contributed by atoms with E-state index in [1.54, 1.807) is 6.07 Å². The van der Waals surface area contributed by atoms with Crippen molar-refractivity contribution in [2.75, 3.05) is 26.2 Å². The number of amides is 2. The molecule has 0 unspecified atom stereocenters. The van der Waals surface area contributed by atoms with E-state index in [1.807, 2.05) is 0 Å². The van der Waals surface area contributed by atoms with Gasteiger partial charge in [-0.3, -0.25) is 14.4 Å². The van der Waals surface area contributed by atoms with Crippen molar-refractivity contribution in [3.05, 3.63) is 29.8 Å². The van der Waals surface area contributed by atoms with Crippen molar-refractivity contribution in [1.82, 2.24) is 9.80 Å². The predicted octanol–water partition coefficient (Wildman–Crippen LogP) is 1.85. The molecule has 9 heteroatoms. The third-order valence-electron chi connectivity index (χ3n) is 3.66. The summed E-state index contributed by atoms with van der Waals surface area (Å²) in [6.07, 6.45) is -4.67. The van der Waals surface area contributed by atoms with Gasteiger partial charge in [0, 0.05) is 38.7 Å². The van der Waals surface area contributed by atoms with Crippen LogP contribution in [0.5, 0.6) is 5.75 Å². The van der Waals surface area contributed by atoms with Gasteiger partial charge in [-0.25, -0.2) is 0 Å². The highest BCUT2D eigenvalue weighted by molar-refractivity contribution is 5.95. The van der Waals surface area contributed by atoms with E-state index in [0.717, 1.165) is 0 Å². The van der Waals surface area contributed by atoms with Crippen molar-refractivity contribution >= 4 is 17.8 Å². The first kappa shape index (κ1) is 18.8. The molecule has 0 aromatic heterocycles. The first-order valence-corrected chi connectivity index (χ1v) is 7.62. The Hall–Kier alpha value is -2.58. The topological polar surface area (TPSA) is 66.9 Å². The van der Waals surface area contributed by atoms with Crippen molar-refractivity contribution in [3.8, 4) is 5.75 Å². The lowest BCUT2D eigenvalue weighted by Gasteiger charge is -2.23. The first-order valence-electron chi connectivity index (χ1n) is 7.62. The minimum Gasteiger partial charge on any atom is -0.427 e. The molecule has 6 nitrogen and oxygen atoms in total. The Morgan fingerprint density at radius 2 is 1.68 bits per heavy atom. The maximum Gasteiger partial charge on any atom is 0.471 e. The number of hydrogen-bond donors (Lipinski definition) is 0. The molecular formula is C16H17F3N2O4. The van der Waals surface area contributed by atoms with Crippen LogP contribution in [-0.4, -0.2) is 59.9 Å². The number of hydrogen-bond acceptors (Lipinski definition) is 4. The van der Waals surface area contributed by atoms with Crippen LogP contribution in [0.25, 0.3) is 0 Å². The van der Waals surface area contributed by atoms with Crippen LogP contribution < -0.4 is 4.74 Å². The fraction of sp³-hybridized carbons (Fsp3) is 0.438. The fourth-order valence-electron chi connectivity index (χ4n) is 2.54. The number of halogens is 3. The molecule has 0 saturated carbocycles. The Kier molecular flexibility index (Phi) is 5.66. The van der Waals surface area contributed by atoms with E-state index in [2.05, 4.69) is 0 Å². The van der Waals surface area contributed by atoms with E-state index in [1.165, 1.54) is 30.0 Å². The third kappa shape index (κ3) is 4.94. The molecule has 1 aromatic rings. The highest BCUT2D eigenvalue weighted by Gasteiger charge is 2.42. The summed E-state index contributed by atoms with van der Waals surface area (Å²) in [4.78, 5) is 36.9. The van der Waals surface area contributed by atoms with Gasteiger partial charge >= 0.3 is 18.1 Å². The Balaban J connectivity index is 2.06. The second-order valence-electron chi connectivity index (χ2n) is 5.56. The van der Waals surface area contributed by atoms with Gasteiger partial charge < -0.3 is 14.5 Å².